The van der Waals surface area contributed by atoms with Crippen molar-refractivity contribution in [1.82, 2.24) is 4.90 Å². The Bertz CT molecular complexity index is 359. The summed E-state index contributed by atoms with van der Waals surface area (Å²) >= 11 is 0. The number of terminal acetylenes is 1. The molecule has 0 saturated heterocycles. The van der Waals surface area contributed by atoms with Crippen molar-refractivity contribution in [3.05, 3.63) is 0 Å². The number of rotatable bonds is 5. The first kappa shape index (κ1) is 14.6. The molecule has 1 aliphatic rings. The molecule has 0 aliphatic heterocycles. The summed E-state index contributed by atoms with van der Waals surface area (Å²) in [4.78, 5) is 25.2. The zero-order chi connectivity index (χ0) is 13.7. The molecule has 0 aromatic carbocycles. The Morgan fingerprint density at radius 1 is 1.39 bits per heavy atom. The number of nitrogens with zero attached hydrogens (tertiary/aromatic N) is 1. The molecule has 100 valence electrons. The van der Waals surface area contributed by atoms with Gasteiger partial charge in [-0.1, -0.05) is 19.8 Å². The second kappa shape index (κ2) is 6.44. The van der Waals surface area contributed by atoms with Gasteiger partial charge in [-0.3, -0.25) is 9.59 Å². The first-order chi connectivity index (χ1) is 8.51. The molecule has 0 radical (unpaired) electrons. The number of carbonyl (C=O) groups excluding carboxylic acids is 1. The Hall–Kier alpha value is -1.50. The number of carboxylic acids is 1. The molecule has 0 spiro atoms. The molecule has 4 heteroatoms. The van der Waals surface area contributed by atoms with Gasteiger partial charge in [0, 0.05) is 6.54 Å². The van der Waals surface area contributed by atoms with Crippen LogP contribution in [0.25, 0.3) is 0 Å². The third kappa shape index (κ3) is 3.25. The van der Waals surface area contributed by atoms with Gasteiger partial charge in [0.15, 0.2) is 0 Å². The average molecular weight is 251 g/mol. The Morgan fingerprint density at radius 2 is 2.00 bits per heavy atom. The van der Waals surface area contributed by atoms with Crippen LogP contribution in [-0.2, 0) is 9.59 Å². The van der Waals surface area contributed by atoms with E-state index in [1.165, 1.54) is 0 Å². The number of aliphatic carboxylic acids is 1. The standard InChI is InChI=1S/C14H21NO3/c1-4-6-15(7-5-2)13(16)11-8-10(3)9-12(11)14(17)18/h1,10-12H,5-9H2,2-3H3,(H,17,18)/t10?,11-,12+/m0/s1. The van der Waals surface area contributed by atoms with Crippen LogP contribution in [0.5, 0.6) is 0 Å². The predicted molar refractivity (Wildman–Crippen MR) is 68.7 cm³/mol. The van der Waals surface area contributed by atoms with E-state index in [-0.39, 0.29) is 18.4 Å². The maximum atomic E-state index is 12.4. The molecule has 1 N–H and O–H groups in total. The topological polar surface area (TPSA) is 57.6 Å². The van der Waals surface area contributed by atoms with Gasteiger partial charge in [0.25, 0.3) is 0 Å². The van der Waals surface area contributed by atoms with Gasteiger partial charge < -0.3 is 10.0 Å². The van der Waals surface area contributed by atoms with Crippen LogP contribution < -0.4 is 0 Å². The first-order valence-electron chi connectivity index (χ1n) is 6.46. The summed E-state index contributed by atoms with van der Waals surface area (Å²) in [6.45, 7) is 4.83. The van der Waals surface area contributed by atoms with E-state index >= 15 is 0 Å². The molecular weight excluding hydrogens is 230 g/mol. The fourth-order valence-corrected chi connectivity index (χ4v) is 2.72. The molecule has 4 nitrogen and oxygen atoms in total. The molecule has 0 heterocycles. The lowest BCUT2D eigenvalue weighted by molar-refractivity contribution is -0.148. The predicted octanol–water partition coefficient (Wildman–Crippen LogP) is 1.61. The van der Waals surface area contributed by atoms with E-state index < -0.39 is 17.8 Å². The lowest BCUT2D eigenvalue weighted by Gasteiger charge is -2.25. The summed E-state index contributed by atoms with van der Waals surface area (Å²) in [6.07, 6.45) is 7.32. The van der Waals surface area contributed by atoms with Crippen molar-refractivity contribution < 1.29 is 14.7 Å². The van der Waals surface area contributed by atoms with Crippen molar-refractivity contribution in [1.29, 1.82) is 0 Å². The van der Waals surface area contributed by atoms with Crippen molar-refractivity contribution in [3.63, 3.8) is 0 Å². The highest BCUT2D eigenvalue weighted by molar-refractivity contribution is 5.85. The molecule has 3 atom stereocenters. The zero-order valence-corrected chi connectivity index (χ0v) is 11.1. The molecule has 1 aliphatic carbocycles. The van der Waals surface area contributed by atoms with E-state index in [9.17, 15) is 14.7 Å². The van der Waals surface area contributed by atoms with E-state index in [0.29, 0.717) is 19.4 Å². The zero-order valence-electron chi connectivity index (χ0n) is 11.1. The van der Waals surface area contributed by atoms with Crippen molar-refractivity contribution in [3.8, 4) is 12.3 Å². The van der Waals surface area contributed by atoms with Crippen molar-refractivity contribution in [2.45, 2.75) is 33.1 Å². The largest absolute Gasteiger partial charge is 0.481 e. The van der Waals surface area contributed by atoms with Crippen LogP contribution in [0.15, 0.2) is 0 Å². The summed E-state index contributed by atoms with van der Waals surface area (Å²) in [5, 5.41) is 9.18. The minimum absolute atomic E-state index is 0.0912. The van der Waals surface area contributed by atoms with E-state index in [2.05, 4.69) is 5.92 Å². The van der Waals surface area contributed by atoms with Gasteiger partial charge in [-0.2, -0.15) is 0 Å². The van der Waals surface area contributed by atoms with Crippen molar-refractivity contribution in [2.24, 2.45) is 17.8 Å². The second-order valence-corrected chi connectivity index (χ2v) is 5.09. The summed E-state index contributed by atoms with van der Waals surface area (Å²) in [5.74, 6) is 0.843. The van der Waals surface area contributed by atoms with Crippen LogP contribution in [0.2, 0.25) is 0 Å². The molecule has 1 fully saturated rings. The van der Waals surface area contributed by atoms with Gasteiger partial charge in [0.05, 0.1) is 18.4 Å². The molecule has 1 amide bonds. The fraction of sp³-hybridized carbons (Fsp3) is 0.714. The summed E-state index contributed by atoms with van der Waals surface area (Å²) in [6, 6.07) is 0. The van der Waals surface area contributed by atoms with Crippen LogP contribution in [0.1, 0.15) is 33.1 Å². The minimum atomic E-state index is -0.866. The molecule has 0 aromatic heterocycles. The average Bonchev–Trinajstić information content (AvgIpc) is 2.70. The molecule has 0 aromatic rings. The molecule has 1 unspecified atom stereocenters. The Kier molecular flexibility index (Phi) is 5.21. The number of carboxylic acid groups (broad SMARTS) is 1. The van der Waals surface area contributed by atoms with Crippen LogP contribution in [0, 0.1) is 30.1 Å². The van der Waals surface area contributed by atoms with Crippen molar-refractivity contribution >= 4 is 11.9 Å². The minimum Gasteiger partial charge on any atom is -0.481 e. The van der Waals surface area contributed by atoms with Crippen LogP contribution in [-0.4, -0.2) is 35.0 Å². The first-order valence-corrected chi connectivity index (χ1v) is 6.46. The number of hydrogen-bond acceptors (Lipinski definition) is 2. The number of amides is 1. The monoisotopic (exact) mass is 251 g/mol. The molecule has 0 bridgehead atoms. The third-order valence-electron chi connectivity index (χ3n) is 3.52. The van der Waals surface area contributed by atoms with E-state index in [1.807, 2.05) is 13.8 Å². The maximum absolute atomic E-state index is 12.4. The smallest absolute Gasteiger partial charge is 0.307 e. The van der Waals surface area contributed by atoms with Crippen LogP contribution >= 0.6 is 0 Å². The quantitative estimate of drug-likeness (QED) is 0.755. The summed E-state index contributed by atoms with van der Waals surface area (Å²) in [7, 11) is 0. The second-order valence-electron chi connectivity index (χ2n) is 5.09. The van der Waals surface area contributed by atoms with Crippen LogP contribution in [0.4, 0.5) is 0 Å². The Labute approximate surface area is 108 Å². The van der Waals surface area contributed by atoms with E-state index in [0.717, 1.165) is 6.42 Å². The van der Waals surface area contributed by atoms with E-state index in [4.69, 9.17) is 6.42 Å². The van der Waals surface area contributed by atoms with Gasteiger partial charge in [-0.25, -0.2) is 0 Å². The summed E-state index contributed by atoms with van der Waals surface area (Å²) in [5.41, 5.74) is 0. The lowest BCUT2D eigenvalue weighted by Crippen LogP contribution is -2.39. The highest BCUT2D eigenvalue weighted by atomic mass is 16.4. The van der Waals surface area contributed by atoms with Gasteiger partial charge in [-0.05, 0) is 25.2 Å². The van der Waals surface area contributed by atoms with Gasteiger partial charge in [0.1, 0.15) is 0 Å². The highest BCUT2D eigenvalue weighted by Gasteiger charge is 2.42. The number of hydrogen-bond donors (Lipinski definition) is 1. The summed E-state index contributed by atoms with van der Waals surface area (Å²) < 4.78 is 0. The third-order valence-corrected chi connectivity index (χ3v) is 3.52. The fourth-order valence-electron chi connectivity index (χ4n) is 2.72. The Morgan fingerprint density at radius 3 is 2.50 bits per heavy atom. The SMILES string of the molecule is C#CCN(CCC)C(=O)[C@H]1CC(C)C[C@H]1C(=O)O. The number of carbonyl (C=O) groups is 2. The highest BCUT2D eigenvalue weighted by Crippen LogP contribution is 2.37. The Balaban J connectivity index is 2.80. The molecule has 1 saturated carbocycles. The van der Waals surface area contributed by atoms with E-state index in [1.54, 1.807) is 4.90 Å². The lowest BCUT2D eigenvalue weighted by atomic mass is 9.94. The molecule has 18 heavy (non-hydrogen) atoms. The van der Waals surface area contributed by atoms with Crippen molar-refractivity contribution in [2.75, 3.05) is 13.1 Å². The maximum Gasteiger partial charge on any atom is 0.307 e. The van der Waals surface area contributed by atoms with Crippen LogP contribution in [0.3, 0.4) is 0 Å². The van der Waals surface area contributed by atoms with Gasteiger partial charge >= 0.3 is 5.97 Å². The normalized spacial score (nSPS) is 26.6. The van der Waals surface area contributed by atoms with Gasteiger partial charge in [-0.15, -0.1) is 6.42 Å². The molecule has 1 rings (SSSR count). The van der Waals surface area contributed by atoms with Gasteiger partial charge in [0.2, 0.25) is 5.91 Å². The molecular formula is C14H21NO3.